The normalized spacial score (nSPS) is 11.5. The number of aliphatic carboxylic acids is 1. The molecule has 0 unspecified atom stereocenters. The minimum atomic E-state index is -4.39. The lowest BCUT2D eigenvalue weighted by Crippen LogP contribution is -2.04. The molecule has 0 fully saturated rings. The van der Waals surface area contributed by atoms with E-state index >= 15 is 0 Å². The van der Waals surface area contributed by atoms with Gasteiger partial charge in [-0.05, 0) is 54.3 Å². The van der Waals surface area contributed by atoms with Crippen LogP contribution in [0.3, 0.4) is 0 Å². The highest BCUT2D eigenvalue weighted by atomic mass is 19.4. The SMILES string of the molecule is CCc1oc(-c2ccc(C(F)(F)F)cc2)cc1CCCOc1cc(CC(=O)O)ccc1F. The third-order valence-corrected chi connectivity index (χ3v) is 4.91. The molecule has 0 saturated heterocycles. The first-order valence-corrected chi connectivity index (χ1v) is 10.1. The molecule has 0 bridgehead atoms. The van der Waals surface area contributed by atoms with Gasteiger partial charge in [-0.1, -0.05) is 25.1 Å². The van der Waals surface area contributed by atoms with Crippen LogP contribution < -0.4 is 4.74 Å². The molecule has 1 aromatic heterocycles. The first-order valence-electron chi connectivity index (χ1n) is 10.1. The van der Waals surface area contributed by atoms with E-state index in [2.05, 4.69) is 0 Å². The number of halogens is 4. The molecule has 8 heteroatoms. The lowest BCUT2D eigenvalue weighted by Gasteiger charge is -2.08. The minimum absolute atomic E-state index is 0.00268. The number of furan rings is 1. The van der Waals surface area contributed by atoms with Crippen molar-refractivity contribution in [1.29, 1.82) is 0 Å². The second-order valence-corrected chi connectivity index (χ2v) is 7.28. The molecule has 1 heterocycles. The Morgan fingerprint density at radius 3 is 2.44 bits per heavy atom. The van der Waals surface area contributed by atoms with Gasteiger partial charge in [0, 0.05) is 12.0 Å². The molecule has 170 valence electrons. The van der Waals surface area contributed by atoms with Gasteiger partial charge in [-0.25, -0.2) is 4.39 Å². The molecule has 3 rings (SSSR count). The number of carbonyl (C=O) groups is 1. The Kier molecular flexibility index (Phi) is 7.22. The van der Waals surface area contributed by atoms with Gasteiger partial charge in [0.2, 0.25) is 0 Å². The van der Waals surface area contributed by atoms with Gasteiger partial charge in [-0.15, -0.1) is 0 Å². The zero-order chi connectivity index (χ0) is 23.3. The van der Waals surface area contributed by atoms with Gasteiger partial charge >= 0.3 is 12.1 Å². The van der Waals surface area contributed by atoms with Crippen molar-refractivity contribution in [3.05, 3.63) is 76.8 Å². The molecule has 0 aliphatic rings. The van der Waals surface area contributed by atoms with Crippen LogP contribution in [0, 0.1) is 5.82 Å². The summed E-state index contributed by atoms with van der Waals surface area (Å²) in [4.78, 5) is 10.8. The fourth-order valence-corrected chi connectivity index (χ4v) is 3.33. The number of hydrogen-bond acceptors (Lipinski definition) is 3. The molecule has 32 heavy (non-hydrogen) atoms. The van der Waals surface area contributed by atoms with Crippen LogP contribution in [0.25, 0.3) is 11.3 Å². The summed E-state index contributed by atoms with van der Waals surface area (Å²) in [6.07, 6.45) is -2.89. The van der Waals surface area contributed by atoms with Crippen molar-refractivity contribution >= 4 is 5.97 Å². The van der Waals surface area contributed by atoms with E-state index in [0.717, 1.165) is 23.5 Å². The number of carboxylic acids is 1. The third kappa shape index (κ3) is 5.90. The summed E-state index contributed by atoms with van der Waals surface area (Å²) >= 11 is 0. The van der Waals surface area contributed by atoms with Gasteiger partial charge in [0.15, 0.2) is 11.6 Å². The Morgan fingerprint density at radius 2 is 1.81 bits per heavy atom. The van der Waals surface area contributed by atoms with Crippen molar-refractivity contribution in [2.45, 2.75) is 38.8 Å². The molecule has 0 aliphatic carbocycles. The topological polar surface area (TPSA) is 59.7 Å². The largest absolute Gasteiger partial charge is 0.490 e. The molecular weight excluding hydrogens is 428 g/mol. The summed E-state index contributed by atoms with van der Waals surface area (Å²) in [6, 6.07) is 10.5. The van der Waals surface area contributed by atoms with Crippen LogP contribution in [0.2, 0.25) is 0 Å². The molecule has 4 nitrogen and oxygen atoms in total. The van der Waals surface area contributed by atoms with E-state index in [1.54, 1.807) is 6.07 Å². The minimum Gasteiger partial charge on any atom is -0.490 e. The number of alkyl halides is 3. The van der Waals surface area contributed by atoms with Crippen LogP contribution in [0.15, 0.2) is 52.9 Å². The number of hydrogen-bond donors (Lipinski definition) is 1. The Morgan fingerprint density at radius 1 is 1.09 bits per heavy atom. The van der Waals surface area contributed by atoms with Gasteiger partial charge in [0.25, 0.3) is 0 Å². The van der Waals surface area contributed by atoms with E-state index in [1.165, 1.54) is 30.3 Å². The summed E-state index contributed by atoms with van der Waals surface area (Å²) in [7, 11) is 0. The molecule has 3 aromatic rings. The molecule has 0 saturated carbocycles. The predicted octanol–water partition coefficient (Wildman–Crippen LogP) is 6.31. The highest BCUT2D eigenvalue weighted by molar-refractivity contribution is 5.70. The van der Waals surface area contributed by atoms with E-state index in [-0.39, 0.29) is 18.8 Å². The summed E-state index contributed by atoms with van der Waals surface area (Å²) in [5.41, 5.74) is 1.18. The summed E-state index contributed by atoms with van der Waals surface area (Å²) < 4.78 is 63.5. The molecule has 0 atom stereocenters. The van der Waals surface area contributed by atoms with Crippen LogP contribution in [0.4, 0.5) is 17.6 Å². The van der Waals surface area contributed by atoms with Crippen molar-refractivity contribution in [3.63, 3.8) is 0 Å². The third-order valence-electron chi connectivity index (χ3n) is 4.91. The number of rotatable bonds is 9. The van der Waals surface area contributed by atoms with Crippen molar-refractivity contribution in [2.24, 2.45) is 0 Å². The maximum absolute atomic E-state index is 13.9. The number of benzene rings is 2. The zero-order valence-electron chi connectivity index (χ0n) is 17.3. The quantitative estimate of drug-likeness (QED) is 0.307. The van der Waals surface area contributed by atoms with Crippen molar-refractivity contribution in [2.75, 3.05) is 6.61 Å². The second kappa shape index (κ2) is 9.89. The second-order valence-electron chi connectivity index (χ2n) is 7.28. The molecule has 2 aromatic carbocycles. The van der Waals surface area contributed by atoms with Crippen LogP contribution >= 0.6 is 0 Å². The highest BCUT2D eigenvalue weighted by Gasteiger charge is 2.30. The average Bonchev–Trinajstić information content (AvgIpc) is 3.15. The molecular formula is C24H22F4O4. The Bertz CT molecular complexity index is 1070. The maximum Gasteiger partial charge on any atom is 0.416 e. The van der Waals surface area contributed by atoms with E-state index in [9.17, 15) is 22.4 Å². The van der Waals surface area contributed by atoms with Crippen molar-refractivity contribution in [3.8, 4) is 17.1 Å². The molecule has 0 radical (unpaired) electrons. The summed E-state index contributed by atoms with van der Waals surface area (Å²) in [6.45, 7) is 2.12. The fraction of sp³-hybridized carbons (Fsp3) is 0.292. The first kappa shape index (κ1) is 23.4. The predicted molar refractivity (Wildman–Crippen MR) is 110 cm³/mol. The summed E-state index contributed by atoms with van der Waals surface area (Å²) in [5, 5.41) is 8.86. The number of aryl methyl sites for hydroxylation is 2. The average molecular weight is 450 g/mol. The van der Waals surface area contributed by atoms with E-state index in [1.807, 2.05) is 6.92 Å². The van der Waals surface area contributed by atoms with E-state index < -0.39 is 23.5 Å². The van der Waals surface area contributed by atoms with Gasteiger partial charge in [0.1, 0.15) is 11.5 Å². The Balaban J connectivity index is 1.63. The molecule has 1 N–H and O–H groups in total. The fourth-order valence-electron chi connectivity index (χ4n) is 3.33. The number of carboxylic acid groups (broad SMARTS) is 1. The van der Waals surface area contributed by atoms with Gasteiger partial charge in [0.05, 0.1) is 18.6 Å². The smallest absolute Gasteiger partial charge is 0.416 e. The Hall–Kier alpha value is -3.29. The Labute approximate surface area is 182 Å². The van der Waals surface area contributed by atoms with Gasteiger partial charge in [-0.3, -0.25) is 4.79 Å². The van der Waals surface area contributed by atoms with Gasteiger partial charge in [-0.2, -0.15) is 13.2 Å². The molecule has 0 spiro atoms. The van der Waals surface area contributed by atoms with Crippen LogP contribution in [0.1, 0.15) is 35.8 Å². The highest BCUT2D eigenvalue weighted by Crippen LogP contribution is 2.32. The van der Waals surface area contributed by atoms with E-state index in [4.69, 9.17) is 14.3 Å². The van der Waals surface area contributed by atoms with Crippen LogP contribution in [0.5, 0.6) is 5.75 Å². The number of ether oxygens (including phenoxy) is 1. The first-order chi connectivity index (χ1) is 15.2. The van der Waals surface area contributed by atoms with Gasteiger partial charge < -0.3 is 14.3 Å². The van der Waals surface area contributed by atoms with Crippen molar-refractivity contribution < 1.29 is 36.6 Å². The van der Waals surface area contributed by atoms with E-state index in [0.29, 0.717) is 36.1 Å². The standard InChI is InChI=1S/C24H22F4O4/c1-2-20-17(14-21(32-20)16-6-8-18(9-7-16)24(26,27)28)4-3-11-31-22-12-15(13-23(29)30)5-10-19(22)25/h5-10,12,14H,2-4,11,13H2,1H3,(H,29,30). The lowest BCUT2D eigenvalue weighted by atomic mass is 10.1. The monoisotopic (exact) mass is 450 g/mol. The van der Waals surface area contributed by atoms with Crippen LogP contribution in [-0.4, -0.2) is 17.7 Å². The molecule has 0 aliphatic heterocycles. The van der Waals surface area contributed by atoms with Crippen LogP contribution in [-0.2, 0) is 30.2 Å². The summed E-state index contributed by atoms with van der Waals surface area (Å²) in [5.74, 6) is -0.370. The molecule has 0 amide bonds. The lowest BCUT2D eigenvalue weighted by molar-refractivity contribution is -0.138. The zero-order valence-corrected chi connectivity index (χ0v) is 17.3. The van der Waals surface area contributed by atoms with Crippen molar-refractivity contribution in [1.82, 2.24) is 0 Å². The maximum atomic E-state index is 13.9.